The highest BCUT2D eigenvalue weighted by Crippen LogP contribution is 2.23. The molecule has 4 aromatic rings. The summed E-state index contributed by atoms with van der Waals surface area (Å²) in [7, 11) is 0. The summed E-state index contributed by atoms with van der Waals surface area (Å²) in [5.74, 6) is 0.757. The number of nitrogens with zero attached hydrogens (tertiary/aromatic N) is 3. The molecule has 0 aliphatic carbocycles. The molecule has 0 saturated heterocycles. The second-order valence-corrected chi connectivity index (χ2v) is 7.14. The van der Waals surface area contributed by atoms with E-state index in [9.17, 15) is 4.79 Å². The van der Waals surface area contributed by atoms with E-state index in [1.807, 2.05) is 66.3 Å². The third-order valence-electron chi connectivity index (χ3n) is 4.30. The first-order valence-corrected chi connectivity index (χ1v) is 9.23. The number of fused-ring (bicyclic) bond motifs is 1. The van der Waals surface area contributed by atoms with Crippen molar-refractivity contribution >= 4 is 28.4 Å². The van der Waals surface area contributed by atoms with E-state index in [4.69, 9.17) is 0 Å². The molecule has 6 heteroatoms. The number of nitrogens with one attached hydrogen (secondary N) is 1. The van der Waals surface area contributed by atoms with Gasteiger partial charge in [-0.3, -0.25) is 9.36 Å². The Balaban J connectivity index is 1.70. The lowest BCUT2D eigenvalue weighted by Gasteiger charge is -2.12. The molecule has 0 bridgehead atoms. The minimum absolute atomic E-state index is 0.0883. The van der Waals surface area contributed by atoms with Gasteiger partial charge in [-0.15, -0.1) is 11.3 Å². The summed E-state index contributed by atoms with van der Waals surface area (Å²) in [6, 6.07) is 13.5. The van der Waals surface area contributed by atoms with Crippen LogP contribution in [-0.2, 0) is 6.54 Å². The zero-order chi connectivity index (χ0) is 18.1. The maximum absolute atomic E-state index is 12.6. The summed E-state index contributed by atoms with van der Waals surface area (Å²) in [6.45, 7) is 4.51. The molecule has 0 radical (unpaired) electrons. The Kier molecular flexibility index (Phi) is 4.26. The predicted octanol–water partition coefficient (Wildman–Crippen LogP) is 4.03. The van der Waals surface area contributed by atoms with Crippen LogP contribution >= 0.6 is 11.3 Å². The summed E-state index contributed by atoms with van der Waals surface area (Å²) < 4.78 is 2.00. The SMILES string of the molecule is Cc1ccc(C(=O)NCc2cccs2)cc1-n1c(C)nc2cccnc21. The van der Waals surface area contributed by atoms with Crippen molar-refractivity contribution < 1.29 is 4.79 Å². The molecule has 130 valence electrons. The average molecular weight is 362 g/mol. The second kappa shape index (κ2) is 6.72. The van der Waals surface area contributed by atoms with Crippen molar-refractivity contribution in [3.8, 4) is 5.69 Å². The van der Waals surface area contributed by atoms with Crippen molar-refractivity contribution in [2.45, 2.75) is 20.4 Å². The first kappa shape index (κ1) is 16.5. The standard InChI is InChI=1S/C20H18N4OS/c1-13-7-8-15(20(25)22-12-16-5-4-10-26-16)11-18(13)24-14(2)23-17-6-3-9-21-19(17)24/h3-11H,12H2,1-2H3,(H,22,25). The molecule has 0 spiro atoms. The molecule has 1 N–H and O–H groups in total. The van der Waals surface area contributed by atoms with Crippen LogP contribution < -0.4 is 5.32 Å². The zero-order valence-corrected chi connectivity index (χ0v) is 15.4. The first-order valence-electron chi connectivity index (χ1n) is 8.35. The Bertz CT molecular complexity index is 1080. The van der Waals surface area contributed by atoms with Crippen molar-refractivity contribution in [3.63, 3.8) is 0 Å². The van der Waals surface area contributed by atoms with E-state index in [-0.39, 0.29) is 5.91 Å². The molecule has 0 saturated carbocycles. The second-order valence-electron chi connectivity index (χ2n) is 6.10. The number of carbonyl (C=O) groups excluding carboxylic acids is 1. The molecule has 1 aromatic carbocycles. The average Bonchev–Trinajstić information content (AvgIpc) is 3.27. The number of imidazole rings is 1. The summed E-state index contributed by atoms with van der Waals surface area (Å²) in [5, 5.41) is 4.98. The minimum atomic E-state index is -0.0883. The van der Waals surface area contributed by atoms with Crippen molar-refractivity contribution in [1.82, 2.24) is 19.9 Å². The minimum Gasteiger partial charge on any atom is -0.347 e. The van der Waals surface area contributed by atoms with Gasteiger partial charge >= 0.3 is 0 Å². The van der Waals surface area contributed by atoms with Crippen LogP contribution in [0, 0.1) is 13.8 Å². The lowest BCUT2D eigenvalue weighted by molar-refractivity contribution is 0.0951. The van der Waals surface area contributed by atoms with Gasteiger partial charge in [0.2, 0.25) is 0 Å². The highest BCUT2D eigenvalue weighted by Gasteiger charge is 2.14. The topological polar surface area (TPSA) is 59.8 Å². The van der Waals surface area contributed by atoms with Crippen LogP contribution in [-0.4, -0.2) is 20.4 Å². The van der Waals surface area contributed by atoms with E-state index in [0.717, 1.165) is 33.1 Å². The zero-order valence-electron chi connectivity index (χ0n) is 14.6. The van der Waals surface area contributed by atoms with E-state index < -0.39 is 0 Å². The Morgan fingerprint density at radius 3 is 2.88 bits per heavy atom. The number of aromatic nitrogens is 3. The molecule has 1 amide bonds. The fourth-order valence-corrected chi connectivity index (χ4v) is 3.63. The Morgan fingerprint density at radius 2 is 2.08 bits per heavy atom. The number of hydrogen-bond acceptors (Lipinski definition) is 4. The smallest absolute Gasteiger partial charge is 0.251 e. The van der Waals surface area contributed by atoms with Gasteiger partial charge in [0.05, 0.1) is 12.2 Å². The quantitative estimate of drug-likeness (QED) is 0.596. The Labute approximate surface area is 155 Å². The van der Waals surface area contributed by atoms with Crippen LogP contribution in [0.3, 0.4) is 0 Å². The van der Waals surface area contributed by atoms with Gasteiger partial charge in [0.1, 0.15) is 11.3 Å². The fraction of sp³-hybridized carbons (Fsp3) is 0.150. The Hall–Kier alpha value is -2.99. The van der Waals surface area contributed by atoms with Crippen molar-refractivity contribution in [2.75, 3.05) is 0 Å². The van der Waals surface area contributed by atoms with Crippen LogP contribution in [0.5, 0.6) is 0 Å². The number of thiophene rings is 1. The largest absolute Gasteiger partial charge is 0.347 e. The van der Waals surface area contributed by atoms with Crippen molar-refractivity contribution in [1.29, 1.82) is 0 Å². The van der Waals surface area contributed by atoms with Gasteiger partial charge < -0.3 is 5.32 Å². The van der Waals surface area contributed by atoms with Gasteiger partial charge in [-0.2, -0.15) is 0 Å². The maximum Gasteiger partial charge on any atom is 0.251 e. The van der Waals surface area contributed by atoms with Crippen LogP contribution in [0.4, 0.5) is 0 Å². The molecule has 0 aliphatic heterocycles. The molecule has 26 heavy (non-hydrogen) atoms. The van der Waals surface area contributed by atoms with E-state index in [1.54, 1.807) is 17.5 Å². The summed E-state index contributed by atoms with van der Waals surface area (Å²) >= 11 is 1.63. The molecular weight excluding hydrogens is 344 g/mol. The monoisotopic (exact) mass is 362 g/mol. The molecular formula is C20H18N4OS. The molecule has 3 heterocycles. The van der Waals surface area contributed by atoms with Gasteiger partial charge in [0.15, 0.2) is 5.65 Å². The van der Waals surface area contributed by atoms with Crippen LogP contribution in [0.15, 0.2) is 54.0 Å². The van der Waals surface area contributed by atoms with E-state index in [1.165, 1.54) is 0 Å². The lowest BCUT2D eigenvalue weighted by Crippen LogP contribution is -2.22. The summed E-state index contributed by atoms with van der Waals surface area (Å²) in [5.41, 5.74) is 4.25. The molecule has 5 nitrogen and oxygen atoms in total. The van der Waals surface area contributed by atoms with Crippen LogP contribution in [0.25, 0.3) is 16.9 Å². The number of amides is 1. The van der Waals surface area contributed by atoms with Gasteiger partial charge in [0.25, 0.3) is 5.91 Å². The number of hydrogen-bond donors (Lipinski definition) is 1. The first-order chi connectivity index (χ1) is 12.6. The molecule has 0 fully saturated rings. The maximum atomic E-state index is 12.6. The van der Waals surface area contributed by atoms with Gasteiger partial charge in [-0.1, -0.05) is 12.1 Å². The highest BCUT2D eigenvalue weighted by atomic mass is 32.1. The van der Waals surface area contributed by atoms with E-state index in [2.05, 4.69) is 15.3 Å². The summed E-state index contributed by atoms with van der Waals surface area (Å²) in [4.78, 5) is 22.7. The molecule has 4 rings (SSSR count). The van der Waals surface area contributed by atoms with Gasteiger partial charge in [-0.25, -0.2) is 9.97 Å². The van der Waals surface area contributed by atoms with E-state index in [0.29, 0.717) is 12.1 Å². The number of pyridine rings is 1. The normalized spacial score (nSPS) is 11.0. The molecule has 0 unspecified atom stereocenters. The third kappa shape index (κ3) is 2.99. The van der Waals surface area contributed by atoms with Crippen LogP contribution in [0.1, 0.15) is 26.6 Å². The van der Waals surface area contributed by atoms with Gasteiger partial charge in [-0.05, 0) is 55.1 Å². The number of carbonyl (C=O) groups is 1. The van der Waals surface area contributed by atoms with E-state index >= 15 is 0 Å². The van der Waals surface area contributed by atoms with Crippen molar-refractivity contribution in [2.24, 2.45) is 0 Å². The van der Waals surface area contributed by atoms with Crippen LogP contribution in [0.2, 0.25) is 0 Å². The molecule has 0 atom stereocenters. The number of benzene rings is 1. The summed E-state index contributed by atoms with van der Waals surface area (Å²) in [6.07, 6.45) is 1.76. The fourth-order valence-electron chi connectivity index (χ4n) is 2.99. The number of aryl methyl sites for hydroxylation is 2. The molecule has 3 aromatic heterocycles. The van der Waals surface area contributed by atoms with Crippen molar-refractivity contribution in [3.05, 3.63) is 75.9 Å². The predicted molar refractivity (Wildman–Crippen MR) is 104 cm³/mol. The number of rotatable bonds is 4. The van der Waals surface area contributed by atoms with Gasteiger partial charge in [0, 0.05) is 16.6 Å². The lowest BCUT2D eigenvalue weighted by atomic mass is 10.1. The highest BCUT2D eigenvalue weighted by molar-refractivity contribution is 7.09. The molecule has 0 aliphatic rings. The Morgan fingerprint density at radius 1 is 1.19 bits per heavy atom. The third-order valence-corrected chi connectivity index (χ3v) is 5.18.